The van der Waals surface area contributed by atoms with E-state index in [0.717, 1.165) is 21.7 Å². The van der Waals surface area contributed by atoms with E-state index in [-0.39, 0.29) is 11.7 Å². The van der Waals surface area contributed by atoms with Gasteiger partial charge in [-0.1, -0.05) is 29.2 Å². The molecular formula is C18H18N6OS2. The number of aryl methyl sites for hydroxylation is 4. The van der Waals surface area contributed by atoms with E-state index in [4.69, 9.17) is 0 Å². The van der Waals surface area contributed by atoms with Crippen LogP contribution >= 0.6 is 23.1 Å². The quantitative estimate of drug-likeness (QED) is 0.528. The molecule has 138 valence electrons. The third kappa shape index (κ3) is 3.40. The van der Waals surface area contributed by atoms with Gasteiger partial charge in [0.05, 0.1) is 11.3 Å². The zero-order valence-electron chi connectivity index (χ0n) is 15.4. The Hall–Kier alpha value is -2.52. The SMILES string of the molecule is Cc1cc(C)c2cc(C)c3nnc(SCC(=O)Nc4nnc(C)s4)n3c2c1. The zero-order valence-corrected chi connectivity index (χ0v) is 17.0. The number of hydrogen-bond donors (Lipinski definition) is 1. The van der Waals surface area contributed by atoms with Crippen LogP contribution in [-0.2, 0) is 4.79 Å². The second-order valence-electron chi connectivity index (χ2n) is 6.45. The highest BCUT2D eigenvalue weighted by Crippen LogP contribution is 2.28. The van der Waals surface area contributed by atoms with Crippen LogP contribution in [0.2, 0.25) is 0 Å². The van der Waals surface area contributed by atoms with E-state index in [0.29, 0.717) is 10.3 Å². The number of thioether (sulfide) groups is 1. The van der Waals surface area contributed by atoms with E-state index in [1.807, 2.05) is 18.2 Å². The van der Waals surface area contributed by atoms with Gasteiger partial charge in [-0.25, -0.2) is 0 Å². The van der Waals surface area contributed by atoms with Crippen LogP contribution in [0.15, 0.2) is 23.4 Å². The lowest BCUT2D eigenvalue weighted by Gasteiger charge is -2.10. The lowest BCUT2D eigenvalue weighted by Crippen LogP contribution is -2.14. The standard InChI is InChI=1S/C18H18N6OS2/c1-9-5-10(2)13-7-11(3)16-21-23-18(24(16)14(13)6-9)26-8-15(25)19-17-22-20-12(4)27-17/h5-7H,8H2,1-4H3,(H,19,22,25). The van der Waals surface area contributed by atoms with Crippen LogP contribution in [0.3, 0.4) is 0 Å². The molecule has 4 rings (SSSR count). The van der Waals surface area contributed by atoms with Gasteiger partial charge in [-0.15, -0.1) is 20.4 Å². The zero-order chi connectivity index (χ0) is 19.1. The second-order valence-corrected chi connectivity index (χ2v) is 8.57. The summed E-state index contributed by atoms with van der Waals surface area (Å²) >= 11 is 2.71. The molecule has 27 heavy (non-hydrogen) atoms. The molecule has 0 aliphatic rings. The van der Waals surface area contributed by atoms with Crippen molar-refractivity contribution in [1.29, 1.82) is 0 Å². The number of aromatic nitrogens is 5. The lowest BCUT2D eigenvalue weighted by molar-refractivity contribution is -0.113. The average Bonchev–Trinajstić information content (AvgIpc) is 3.21. The molecule has 0 unspecified atom stereocenters. The molecule has 0 radical (unpaired) electrons. The van der Waals surface area contributed by atoms with E-state index >= 15 is 0 Å². The largest absolute Gasteiger partial charge is 0.300 e. The van der Waals surface area contributed by atoms with Gasteiger partial charge < -0.3 is 0 Å². The first kappa shape index (κ1) is 17.9. The Kier molecular flexibility index (Phi) is 4.56. The Balaban J connectivity index is 1.67. The molecule has 0 spiro atoms. The summed E-state index contributed by atoms with van der Waals surface area (Å²) in [6.45, 7) is 8.06. The van der Waals surface area contributed by atoms with Crippen molar-refractivity contribution in [1.82, 2.24) is 24.8 Å². The van der Waals surface area contributed by atoms with Crippen LogP contribution in [0.1, 0.15) is 21.7 Å². The van der Waals surface area contributed by atoms with E-state index < -0.39 is 0 Å². The summed E-state index contributed by atoms with van der Waals surface area (Å²) in [5, 5.41) is 22.4. The maximum absolute atomic E-state index is 12.2. The van der Waals surface area contributed by atoms with Crippen LogP contribution in [0.5, 0.6) is 0 Å². The molecule has 1 aromatic carbocycles. The predicted molar refractivity (Wildman–Crippen MR) is 109 cm³/mol. The summed E-state index contributed by atoms with van der Waals surface area (Å²) in [5.74, 6) is 0.0804. The van der Waals surface area contributed by atoms with E-state index in [2.05, 4.69) is 57.8 Å². The summed E-state index contributed by atoms with van der Waals surface area (Å²) < 4.78 is 2.04. The number of anilines is 1. The summed E-state index contributed by atoms with van der Waals surface area (Å²) in [4.78, 5) is 12.2. The van der Waals surface area contributed by atoms with Crippen molar-refractivity contribution in [3.8, 4) is 0 Å². The van der Waals surface area contributed by atoms with Crippen LogP contribution in [0.25, 0.3) is 16.6 Å². The van der Waals surface area contributed by atoms with Crippen molar-refractivity contribution >= 4 is 50.7 Å². The maximum Gasteiger partial charge on any atom is 0.236 e. The molecule has 0 aliphatic carbocycles. The summed E-state index contributed by atoms with van der Waals surface area (Å²) in [7, 11) is 0. The van der Waals surface area contributed by atoms with Gasteiger partial charge in [-0.3, -0.25) is 14.5 Å². The van der Waals surface area contributed by atoms with E-state index in [1.54, 1.807) is 0 Å². The summed E-state index contributed by atoms with van der Waals surface area (Å²) in [5.41, 5.74) is 5.32. The maximum atomic E-state index is 12.2. The van der Waals surface area contributed by atoms with Crippen molar-refractivity contribution in [2.45, 2.75) is 32.9 Å². The minimum Gasteiger partial charge on any atom is -0.300 e. The third-order valence-corrected chi connectivity index (χ3v) is 5.88. The van der Waals surface area contributed by atoms with Crippen LogP contribution in [0, 0.1) is 27.7 Å². The highest BCUT2D eigenvalue weighted by atomic mass is 32.2. The first-order valence-corrected chi connectivity index (χ1v) is 10.2. The molecule has 3 aromatic heterocycles. The van der Waals surface area contributed by atoms with Crippen LogP contribution in [0.4, 0.5) is 5.13 Å². The fourth-order valence-corrected chi connectivity index (χ4v) is 4.43. The monoisotopic (exact) mass is 398 g/mol. The third-order valence-electron chi connectivity index (χ3n) is 4.20. The van der Waals surface area contributed by atoms with Crippen molar-refractivity contribution in [2.24, 2.45) is 0 Å². The van der Waals surface area contributed by atoms with Gasteiger partial charge in [-0.2, -0.15) is 0 Å². The fourth-order valence-electron chi connectivity index (χ4n) is 3.08. The Morgan fingerprint density at radius 3 is 2.63 bits per heavy atom. The van der Waals surface area contributed by atoms with Gasteiger partial charge in [0.2, 0.25) is 11.0 Å². The van der Waals surface area contributed by atoms with Gasteiger partial charge in [-0.05, 0) is 56.5 Å². The minimum absolute atomic E-state index is 0.141. The Bertz CT molecular complexity index is 1180. The minimum atomic E-state index is -0.141. The normalized spacial score (nSPS) is 11.4. The Morgan fingerprint density at radius 2 is 1.89 bits per heavy atom. The molecular weight excluding hydrogens is 380 g/mol. The number of nitrogens with zero attached hydrogens (tertiary/aromatic N) is 5. The number of hydrogen-bond acceptors (Lipinski definition) is 7. The topological polar surface area (TPSA) is 85.1 Å². The average molecular weight is 399 g/mol. The first-order chi connectivity index (χ1) is 12.9. The van der Waals surface area contributed by atoms with Gasteiger partial charge in [0.25, 0.3) is 0 Å². The molecule has 1 N–H and O–H groups in total. The predicted octanol–water partition coefficient (Wildman–Crippen LogP) is 3.70. The smallest absolute Gasteiger partial charge is 0.236 e. The van der Waals surface area contributed by atoms with Gasteiger partial charge >= 0.3 is 0 Å². The van der Waals surface area contributed by atoms with Crippen molar-refractivity contribution in [3.05, 3.63) is 39.9 Å². The number of nitrogens with one attached hydrogen (secondary N) is 1. The number of benzene rings is 1. The Morgan fingerprint density at radius 1 is 1.07 bits per heavy atom. The van der Waals surface area contributed by atoms with Crippen molar-refractivity contribution in [3.63, 3.8) is 0 Å². The molecule has 1 amide bonds. The van der Waals surface area contributed by atoms with E-state index in [9.17, 15) is 4.79 Å². The number of rotatable bonds is 4. The lowest BCUT2D eigenvalue weighted by atomic mass is 10.0. The highest BCUT2D eigenvalue weighted by molar-refractivity contribution is 7.99. The number of carbonyl (C=O) groups excluding carboxylic acids is 1. The van der Waals surface area contributed by atoms with Crippen LogP contribution in [-0.4, -0.2) is 36.5 Å². The molecule has 0 saturated carbocycles. The van der Waals surface area contributed by atoms with Crippen LogP contribution < -0.4 is 5.32 Å². The molecule has 0 saturated heterocycles. The molecule has 4 aromatic rings. The fraction of sp³-hybridized carbons (Fsp3) is 0.278. The molecule has 7 nitrogen and oxygen atoms in total. The number of amides is 1. The Labute approximate surface area is 164 Å². The highest BCUT2D eigenvalue weighted by Gasteiger charge is 2.15. The van der Waals surface area contributed by atoms with Gasteiger partial charge in [0, 0.05) is 5.39 Å². The molecule has 3 heterocycles. The summed E-state index contributed by atoms with van der Waals surface area (Å²) in [6.07, 6.45) is 0. The summed E-state index contributed by atoms with van der Waals surface area (Å²) in [6, 6.07) is 6.45. The molecule has 9 heteroatoms. The van der Waals surface area contributed by atoms with Crippen molar-refractivity contribution < 1.29 is 4.79 Å². The number of fused-ring (bicyclic) bond motifs is 3. The van der Waals surface area contributed by atoms with Gasteiger partial charge in [0.15, 0.2) is 10.8 Å². The van der Waals surface area contributed by atoms with Gasteiger partial charge in [0.1, 0.15) is 5.01 Å². The molecule has 0 atom stereocenters. The van der Waals surface area contributed by atoms with Crippen molar-refractivity contribution in [2.75, 3.05) is 11.1 Å². The number of carbonyl (C=O) groups is 1. The molecule has 0 aliphatic heterocycles. The second kappa shape index (κ2) is 6.90. The molecule has 0 bridgehead atoms. The van der Waals surface area contributed by atoms with E-state index in [1.165, 1.54) is 39.6 Å². The number of pyridine rings is 1. The molecule has 0 fully saturated rings. The first-order valence-electron chi connectivity index (χ1n) is 8.41.